The third-order valence-electron chi connectivity index (χ3n) is 3.54. The van der Waals surface area contributed by atoms with Crippen LogP contribution in [0.3, 0.4) is 0 Å². The summed E-state index contributed by atoms with van der Waals surface area (Å²) in [4.78, 5) is 12.1. The van der Waals surface area contributed by atoms with Gasteiger partial charge in [0.25, 0.3) is 5.91 Å². The Hall–Kier alpha value is -1.85. The molecule has 5 heteroatoms. The number of hydrogen-bond donors (Lipinski definition) is 1. The molecule has 3 aromatic carbocycles. The largest absolute Gasteiger partial charge is 0.483 e. The van der Waals surface area contributed by atoms with Gasteiger partial charge in [-0.1, -0.05) is 40.2 Å². The van der Waals surface area contributed by atoms with Crippen molar-refractivity contribution in [2.24, 2.45) is 0 Å². The Morgan fingerprint density at radius 1 is 1.08 bits per heavy atom. The van der Waals surface area contributed by atoms with Crippen LogP contribution in [0.25, 0.3) is 10.8 Å². The molecule has 3 nitrogen and oxygen atoms in total. The summed E-state index contributed by atoms with van der Waals surface area (Å²) < 4.78 is 7.53. The van der Waals surface area contributed by atoms with Crippen LogP contribution in [-0.4, -0.2) is 12.5 Å². The lowest BCUT2D eigenvalue weighted by Gasteiger charge is -2.11. The summed E-state index contributed by atoms with van der Waals surface area (Å²) in [6.07, 6.45) is 0. The van der Waals surface area contributed by atoms with Gasteiger partial charge in [0.05, 0.1) is 4.47 Å². The smallest absolute Gasteiger partial charge is 0.262 e. The quantitative estimate of drug-likeness (QED) is 0.556. The van der Waals surface area contributed by atoms with E-state index in [2.05, 4.69) is 37.2 Å². The van der Waals surface area contributed by atoms with E-state index in [4.69, 9.17) is 4.74 Å². The van der Waals surface area contributed by atoms with E-state index in [0.717, 1.165) is 31.0 Å². The van der Waals surface area contributed by atoms with Crippen molar-refractivity contribution in [3.63, 3.8) is 0 Å². The Morgan fingerprint density at radius 2 is 1.92 bits per heavy atom. The van der Waals surface area contributed by atoms with E-state index < -0.39 is 0 Å². The number of ether oxygens (including phenoxy) is 1. The predicted molar refractivity (Wildman–Crippen MR) is 105 cm³/mol. The zero-order valence-corrected chi connectivity index (χ0v) is 16.1. The summed E-state index contributed by atoms with van der Waals surface area (Å²) in [7, 11) is 0. The third kappa shape index (κ3) is 3.97. The fraction of sp³-hybridized carbons (Fsp3) is 0.105. The van der Waals surface area contributed by atoms with Gasteiger partial charge in [0.15, 0.2) is 6.61 Å². The van der Waals surface area contributed by atoms with Gasteiger partial charge in [-0.25, -0.2) is 0 Å². The molecule has 3 rings (SSSR count). The molecule has 0 radical (unpaired) electrons. The highest BCUT2D eigenvalue weighted by Crippen LogP contribution is 2.34. The average Bonchev–Trinajstić information content (AvgIpc) is 2.54. The van der Waals surface area contributed by atoms with Crippen molar-refractivity contribution >= 4 is 54.2 Å². The molecule has 0 heterocycles. The van der Waals surface area contributed by atoms with E-state index in [0.29, 0.717) is 5.75 Å². The number of hydrogen-bond acceptors (Lipinski definition) is 2. The Balaban J connectivity index is 1.70. The maximum absolute atomic E-state index is 12.1. The first kappa shape index (κ1) is 17.0. The maximum atomic E-state index is 12.1. The van der Waals surface area contributed by atoms with Gasteiger partial charge in [-0.15, -0.1) is 0 Å². The Bertz CT molecular complexity index is 909. The minimum Gasteiger partial charge on any atom is -0.483 e. The second-order valence-corrected chi connectivity index (χ2v) is 7.16. The summed E-state index contributed by atoms with van der Waals surface area (Å²) in [5.41, 5.74) is 1.86. The molecule has 122 valence electrons. The summed E-state index contributed by atoms with van der Waals surface area (Å²) in [5.74, 6) is 0.451. The van der Waals surface area contributed by atoms with E-state index in [-0.39, 0.29) is 12.5 Å². The first-order valence-electron chi connectivity index (χ1n) is 7.40. The summed E-state index contributed by atoms with van der Waals surface area (Å²) in [5, 5.41) is 4.96. The summed E-state index contributed by atoms with van der Waals surface area (Å²) in [6.45, 7) is 1.94. The first-order valence-corrected chi connectivity index (χ1v) is 8.98. The van der Waals surface area contributed by atoms with Crippen LogP contribution in [-0.2, 0) is 4.79 Å². The van der Waals surface area contributed by atoms with Crippen molar-refractivity contribution in [1.82, 2.24) is 0 Å². The molecular weight excluding hydrogens is 434 g/mol. The molecule has 3 aromatic rings. The molecule has 0 aromatic heterocycles. The van der Waals surface area contributed by atoms with Crippen molar-refractivity contribution in [3.05, 3.63) is 69.1 Å². The van der Waals surface area contributed by atoms with E-state index in [9.17, 15) is 4.79 Å². The Labute approximate surface area is 157 Å². The lowest BCUT2D eigenvalue weighted by Crippen LogP contribution is -2.20. The summed E-state index contributed by atoms with van der Waals surface area (Å²) >= 11 is 7.02. The molecule has 24 heavy (non-hydrogen) atoms. The number of halogens is 2. The first-order chi connectivity index (χ1) is 11.5. The summed E-state index contributed by atoms with van der Waals surface area (Å²) in [6, 6.07) is 17.5. The van der Waals surface area contributed by atoms with E-state index in [1.807, 2.05) is 61.5 Å². The lowest BCUT2D eigenvalue weighted by atomic mass is 10.1. The fourth-order valence-electron chi connectivity index (χ4n) is 2.42. The van der Waals surface area contributed by atoms with Crippen molar-refractivity contribution in [2.45, 2.75) is 6.92 Å². The van der Waals surface area contributed by atoms with Crippen LogP contribution in [0.15, 0.2) is 63.5 Å². The molecule has 1 N–H and O–H groups in total. The molecule has 0 aliphatic heterocycles. The van der Waals surface area contributed by atoms with Crippen molar-refractivity contribution in [3.8, 4) is 5.75 Å². The van der Waals surface area contributed by atoms with E-state index in [1.165, 1.54) is 0 Å². The van der Waals surface area contributed by atoms with Gasteiger partial charge in [0, 0.05) is 10.2 Å². The molecule has 0 saturated heterocycles. The Morgan fingerprint density at radius 3 is 2.71 bits per heavy atom. The highest BCUT2D eigenvalue weighted by molar-refractivity contribution is 9.11. The normalized spacial score (nSPS) is 10.6. The van der Waals surface area contributed by atoms with Crippen molar-refractivity contribution < 1.29 is 9.53 Å². The van der Waals surface area contributed by atoms with Crippen LogP contribution in [0, 0.1) is 6.92 Å². The number of benzene rings is 3. The van der Waals surface area contributed by atoms with Gasteiger partial charge >= 0.3 is 0 Å². The zero-order chi connectivity index (χ0) is 17.1. The molecule has 1 amide bonds. The monoisotopic (exact) mass is 447 g/mol. The molecule has 0 saturated carbocycles. The number of rotatable bonds is 4. The van der Waals surface area contributed by atoms with Crippen LogP contribution >= 0.6 is 31.9 Å². The van der Waals surface area contributed by atoms with Crippen LogP contribution in [0.4, 0.5) is 5.69 Å². The van der Waals surface area contributed by atoms with Crippen molar-refractivity contribution in [2.75, 3.05) is 11.9 Å². The third-order valence-corrected chi connectivity index (χ3v) is 4.85. The fourth-order valence-corrected chi connectivity index (χ4v) is 3.40. The highest BCUT2D eigenvalue weighted by atomic mass is 79.9. The maximum Gasteiger partial charge on any atom is 0.262 e. The molecular formula is C19H15Br2NO2. The van der Waals surface area contributed by atoms with Crippen LogP contribution in [0.2, 0.25) is 0 Å². The van der Waals surface area contributed by atoms with Crippen LogP contribution in [0.1, 0.15) is 5.56 Å². The van der Waals surface area contributed by atoms with E-state index >= 15 is 0 Å². The molecule has 0 atom stereocenters. The van der Waals surface area contributed by atoms with Gasteiger partial charge in [-0.2, -0.15) is 0 Å². The number of carbonyl (C=O) groups excluding carboxylic acids is 1. The second kappa shape index (κ2) is 7.36. The Kier molecular flexibility index (Phi) is 5.21. The number of amides is 1. The minimum atomic E-state index is -0.191. The van der Waals surface area contributed by atoms with Gasteiger partial charge < -0.3 is 10.1 Å². The van der Waals surface area contributed by atoms with Gasteiger partial charge in [-0.3, -0.25) is 4.79 Å². The zero-order valence-electron chi connectivity index (χ0n) is 13.0. The molecule has 0 bridgehead atoms. The predicted octanol–water partition coefficient (Wildman–Crippen LogP) is 5.69. The minimum absolute atomic E-state index is 0.0470. The van der Waals surface area contributed by atoms with Crippen molar-refractivity contribution in [1.29, 1.82) is 0 Å². The lowest BCUT2D eigenvalue weighted by molar-refractivity contribution is -0.118. The number of carbonyl (C=O) groups is 1. The molecule has 0 unspecified atom stereocenters. The number of nitrogens with one attached hydrogen (secondary N) is 1. The van der Waals surface area contributed by atoms with E-state index in [1.54, 1.807) is 0 Å². The molecule has 0 fully saturated rings. The standard InChI is InChI=1S/C19H15Br2NO2/c1-12-3-2-4-15(9-12)22-18(23)11-24-17-8-5-13-10-14(20)6-7-16(13)19(17)21/h2-10H,11H2,1H3,(H,22,23). The van der Waals surface area contributed by atoms with Crippen LogP contribution < -0.4 is 10.1 Å². The SMILES string of the molecule is Cc1cccc(NC(=O)COc2ccc3cc(Br)ccc3c2Br)c1. The number of anilines is 1. The molecule has 0 aliphatic rings. The highest BCUT2D eigenvalue weighted by Gasteiger charge is 2.09. The molecule has 0 spiro atoms. The average molecular weight is 449 g/mol. The number of aryl methyl sites for hydroxylation is 1. The molecule has 0 aliphatic carbocycles. The topological polar surface area (TPSA) is 38.3 Å². The number of fused-ring (bicyclic) bond motifs is 1. The van der Waals surface area contributed by atoms with Crippen LogP contribution in [0.5, 0.6) is 5.75 Å². The second-order valence-electron chi connectivity index (χ2n) is 5.45. The van der Waals surface area contributed by atoms with Gasteiger partial charge in [0.1, 0.15) is 5.75 Å². The van der Waals surface area contributed by atoms with Gasteiger partial charge in [0.2, 0.25) is 0 Å². The van der Waals surface area contributed by atoms with Gasteiger partial charge in [-0.05, 0) is 69.5 Å².